The van der Waals surface area contributed by atoms with Crippen LogP contribution in [0.5, 0.6) is 0 Å². The van der Waals surface area contributed by atoms with E-state index in [4.69, 9.17) is 4.74 Å². The number of amides is 1. The van der Waals surface area contributed by atoms with E-state index >= 15 is 0 Å². The molecular weight excluding hydrogens is 332 g/mol. The van der Waals surface area contributed by atoms with Gasteiger partial charge in [-0.05, 0) is 32.1 Å². The van der Waals surface area contributed by atoms with Crippen molar-refractivity contribution in [3.05, 3.63) is 0 Å². The van der Waals surface area contributed by atoms with E-state index in [-0.39, 0.29) is 24.3 Å². The first-order valence-corrected chi connectivity index (χ1v) is 10.4. The fourth-order valence-corrected chi connectivity index (χ4v) is 4.17. The first-order chi connectivity index (χ1) is 11.2. The summed E-state index contributed by atoms with van der Waals surface area (Å²) in [5.74, 6) is -0.700. The van der Waals surface area contributed by atoms with Gasteiger partial charge in [0.25, 0.3) is 5.91 Å². The smallest absolute Gasteiger partial charge is 0.324 e. The van der Waals surface area contributed by atoms with Crippen molar-refractivity contribution in [3.8, 4) is 0 Å². The fourth-order valence-electron chi connectivity index (χ4n) is 2.75. The molecule has 1 aliphatic rings. The third kappa shape index (κ3) is 7.61. The molecule has 0 aromatic heterocycles. The Morgan fingerprint density at radius 1 is 1.25 bits per heavy atom. The third-order valence-electron chi connectivity index (χ3n) is 4.28. The van der Waals surface area contributed by atoms with Gasteiger partial charge in [0.15, 0.2) is 6.61 Å². The predicted octanol–water partition coefficient (Wildman–Crippen LogP) is 1.33. The summed E-state index contributed by atoms with van der Waals surface area (Å²) in [7, 11) is -3.51. The third-order valence-corrected chi connectivity index (χ3v) is 5.82. The molecule has 0 spiro atoms. The SMILES string of the molecule is CCCCS(=O)(=O)N[C@@H](C)C(=O)OCC(=O)N[C@H]1CCCC[C@H]1C. The van der Waals surface area contributed by atoms with Crippen LogP contribution in [-0.2, 0) is 24.3 Å². The zero-order valence-electron chi connectivity index (χ0n) is 14.8. The van der Waals surface area contributed by atoms with E-state index in [9.17, 15) is 18.0 Å². The summed E-state index contributed by atoms with van der Waals surface area (Å²) in [5.41, 5.74) is 0. The number of sulfonamides is 1. The molecule has 1 amide bonds. The van der Waals surface area contributed by atoms with Gasteiger partial charge in [-0.25, -0.2) is 13.1 Å². The summed E-state index contributed by atoms with van der Waals surface area (Å²) in [4.78, 5) is 23.7. The van der Waals surface area contributed by atoms with Gasteiger partial charge < -0.3 is 10.1 Å². The normalized spacial score (nSPS) is 22.6. The maximum absolute atomic E-state index is 11.9. The number of rotatable bonds is 9. The molecule has 3 atom stereocenters. The second-order valence-electron chi connectivity index (χ2n) is 6.56. The molecule has 8 heteroatoms. The number of nitrogens with one attached hydrogen (secondary N) is 2. The van der Waals surface area contributed by atoms with Crippen LogP contribution in [0.4, 0.5) is 0 Å². The number of hydrogen-bond acceptors (Lipinski definition) is 5. The maximum Gasteiger partial charge on any atom is 0.324 e. The van der Waals surface area contributed by atoms with Gasteiger partial charge >= 0.3 is 5.97 Å². The van der Waals surface area contributed by atoms with Gasteiger partial charge in [-0.1, -0.05) is 33.1 Å². The van der Waals surface area contributed by atoms with Crippen molar-refractivity contribution in [2.45, 2.75) is 71.4 Å². The Morgan fingerprint density at radius 2 is 1.92 bits per heavy atom. The molecule has 1 fully saturated rings. The van der Waals surface area contributed by atoms with Gasteiger partial charge in [0.2, 0.25) is 10.0 Å². The minimum atomic E-state index is -3.51. The predicted molar refractivity (Wildman–Crippen MR) is 91.8 cm³/mol. The molecule has 0 aromatic rings. The molecule has 0 bridgehead atoms. The molecule has 0 heterocycles. The van der Waals surface area contributed by atoms with Crippen molar-refractivity contribution in [1.29, 1.82) is 0 Å². The Hall–Kier alpha value is -1.15. The largest absolute Gasteiger partial charge is 0.454 e. The summed E-state index contributed by atoms with van der Waals surface area (Å²) < 4.78 is 30.7. The highest BCUT2D eigenvalue weighted by Crippen LogP contribution is 2.23. The number of hydrogen-bond donors (Lipinski definition) is 2. The Morgan fingerprint density at radius 3 is 2.54 bits per heavy atom. The topological polar surface area (TPSA) is 102 Å². The molecule has 0 radical (unpaired) electrons. The molecule has 0 aromatic carbocycles. The van der Waals surface area contributed by atoms with Crippen molar-refractivity contribution in [2.24, 2.45) is 5.92 Å². The Balaban J connectivity index is 2.34. The number of ether oxygens (including phenoxy) is 1. The molecular formula is C16H30N2O5S. The van der Waals surface area contributed by atoms with E-state index in [1.54, 1.807) is 0 Å². The van der Waals surface area contributed by atoms with Crippen molar-refractivity contribution >= 4 is 21.9 Å². The molecule has 2 N–H and O–H groups in total. The quantitative estimate of drug-likeness (QED) is 0.603. The molecule has 1 saturated carbocycles. The lowest BCUT2D eigenvalue weighted by molar-refractivity contribution is -0.150. The first-order valence-electron chi connectivity index (χ1n) is 8.71. The van der Waals surface area contributed by atoms with E-state index in [1.165, 1.54) is 13.3 Å². The first kappa shape index (κ1) is 20.9. The molecule has 0 saturated heterocycles. The van der Waals surface area contributed by atoms with Crippen LogP contribution in [-0.4, -0.2) is 44.7 Å². The van der Waals surface area contributed by atoms with Crippen molar-refractivity contribution in [3.63, 3.8) is 0 Å². The van der Waals surface area contributed by atoms with Crippen molar-refractivity contribution in [1.82, 2.24) is 10.0 Å². The monoisotopic (exact) mass is 362 g/mol. The average Bonchev–Trinajstić information content (AvgIpc) is 2.52. The van der Waals surface area contributed by atoms with E-state index < -0.39 is 22.0 Å². The molecule has 7 nitrogen and oxygen atoms in total. The van der Waals surface area contributed by atoms with Gasteiger partial charge in [0.05, 0.1) is 5.75 Å². The maximum atomic E-state index is 11.9. The molecule has 0 unspecified atom stereocenters. The summed E-state index contributed by atoms with van der Waals surface area (Å²) in [6, 6.07) is -0.886. The summed E-state index contributed by atoms with van der Waals surface area (Å²) in [5, 5.41) is 2.88. The van der Waals surface area contributed by atoms with Gasteiger partial charge in [0.1, 0.15) is 6.04 Å². The van der Waals surface area contributed by atoms with Gasteiger partial charge in [-0.2, -0.15) is 0 Å². The molecule has 140 valence electrons. The standard InChI is InChI=1S/C16H30N2O5S/c1-4-5-10-24(21,22)18-13(3)16(20)23-11-15(19)17-14-9-7-6-8-12(14)2/h12-14,18H,4-11H2,1-3H3,(H,17,19)/t12-,13+,14+/m1/s1. The van der Waals surface area contributed by atoms with Crippen LogP contribution >= 0.6 is 0 Å². The highest BCUT2D eigenvalue weighted by molar-refractivity contribution is 7.89. The lowest BCUT2D eigenvalue weighted by Crippen LogP contribution is -2.44. The van der Waals surface area contributed by atoms with Crippen molar-refractivity contribution < 1.29 is 22.7 Å². The Bertz CT molecular complexity index is 521. The minimum absolute atomic E-state index is 0.0266. The average molecular weight is 362 g/mol. The minimum Gasteiger partial charge on any atom is -0.454 e. The van der Waals surface area contributed by atoms with Crippen LogP contribution in [0.1, 0.15) is 59.3 Å². The fraction of sp³-hybridized carbons (Fsp3) is 0.875. The van der Waals surface area contributed by atoms with Crippen LogP contribution in [0.2, 0.25) is 0 Å². The molecule has 1 rings (SSSR count). The van der Waals surface area contributed by atoms with E-state index in [0.29, 0.717) is 12.3 Å². The molecule has 1 aliphatic carbocycles. The summed E-state index contributed by atoms with van der Waals surface area (Å²) >= 11 is 0. The number of carbonyl (C=O) groups excluding carboxylic acids is 2. The Labute approximate surface area is 145 Å². The highest BCUT2D eigenvalue weighted by Gasteiger charge is 2.25. The van der Waals surface area contributed by atoms with E-state index in [1.807, 2.05) is 6.92 Å². The second-order valence-corrected chi connectivity index (χ2v) is 8.43. The lowest BCUT2D eigenvalue weighted by atomic mass is 9.86. The van der Waals surface area contributed by atoms with E-state index in [0.717, 1.165) is 25.7 Å². The van der Waals surface area contributed by atoms with Crippen molar-refractivity contribution in [2.75, 3.05) is 12.4 Å². The van der Waals surface area contributed by atoms with Crippen LogP contribution < -0.4 is 10.0 Å². The van der Waals surface area contributed by atoms with Gasteiger partial charge in [0, 0.05) is 6.04 Å². The molecule has 0 aliphatic heterocycles. The lowest BCUT2D eigenvalue weighted by Gasteiger charge is -2.29. The van der Waals surface area contributed by atoms with Crippen LogP contribution in [0.3, 0.4) is 0 Å². The van der Waals surface area contributed by atoms with Crippen LogP contribution in [0.15, 0.2) is 0 Å². The van der Waals surface area contributed by atoms with Crippen LogP contribution in [0, 0.1) is 5.92 Å². The zero-order chi connectivity index (χ0) is 18.2. The zero-order valence-corrected chi connectivity index (χ0v) is 15.7. The van der Waals surface area contributed by atoms with Gasteiger partial charge in [-0.3, -0.25) is 9.59 Å². The van der Waals surface area contributed by atoms with Crippen LogP contribution in [0.25, 0.3) is 0 Å². The Kier molecular flexibility index (Phi) is 8.69. The molecule has 24 heavy (non-hydrogen) atoms. The number of carbonyl (C=O) groups is 2. The number of esters is 1. The van der Waals surface area contributed by atoms with Gasteiger partial charge in [-0.15, -0.1) is 0 Å². The second kappa shape index (κ2) is 9.98. The highest BCUT2D eigenvalue weighted by atomic mass is 32.2. The number of unbranched alkanes of at least 4 members (excludes halogenated alkanes) is 1. The summed E-state index contributed by atoms with van der Waals surface area (Å²) in [6.45, 7) is 5.01. The van der Waals surface area contributed by atoms with E-state index in [2.05, 4.69) is 17.0 Å². The summed E-state index contributed by atoms with van der Waals surface area (Å²) in [6.07, 6.45) is 5.57.